The van der Waals surface area contributed by atoms with E-state index >= 15 is 0 Å². The lowest BCUT2D eigenvalue weighted by molar-refractivity contribution is -0.122. The van der Waals surface area contributed by atoms with Crippen molar-refractivity contribution in [2.45, 2.75) is 11.8 Å². The molecule has 2 N–H and O–H groups in total. The average Bonchev–Trinajstić information content (AvgIpc) is 2.72. The standard InChI is InChI=1S/C19H16F3N3O4S/c20-14-6-7-15(21)17(22)13(14)10-30(28,29)11-16(19(27)24-9-8-23)25-18(26)12-4-2-1-3-5-12/h1-7,16H,9-11H2,(H,24,27)(H,25,26). The van der Waals surface area contributed by atoms with Gasteiger partial charge < -0.3 is 10.6 Å². The molecule has 0 saturated carbocycles. The molecule has 0 bridgehead atoms. The summed E-state index contributed by atoms with van der Waals surface area (Å²) in [7, 11) is -4.40. The van der Waals surface area contributed by atoms with Crippen LogP contribution < -0.4 is 10.6 Å². The topological polar surface area (TPSA) is 116 Å². The quantitative estimate of drug-likeness (QED) is 0.477. The fraction of sp³-hybridized carbons (Fsp3) is 0.211. The maximum atomic E-state index is 13.8. The predicted molar refractivity (Wildman–Crippen MR) is 100 cm³/mol. The van der Waals surface area contributed by atoms with Gasteiger partial charge in [-0.15, -0.1) is 0 Å². The molecule has 30 heavy (non-hydrogen) atoms. The molecular weight excluding hydrogens is 423 g/mol. The highest BCUT2D eigenvalue weighted by atomic mass is 32.2. The molecule has 0 aliphatic rings. The number of sulfone groups is 1. The van der Waals surface area contributed by atoms with Crippen LogP contribution in [0, 0.1) is 28.8 Å². The fourth-order valence-electron chi connectivity index (χ4n) is 2.50. The summed E-state index contributed by atoms with van der Waals surface area (Å²) in [4.78, 5) is 24.5. The van der Waals surface area contributed by atoms with Gasteiger partial charge in [-0.05, 0) is 24.3 Å². The number of benzene rings is 2. The van der Waals surface area contributed by atoms with E-state index in [1.54, 1.807) is 24.3 Å². The first-order chi connectivity index (χ1) is 14.1. The summed E-state index contributed by atoms with van der Waals surface area (Å²) in [5.41, 5.74) is -0.879. The highest BCUT2D eigenvalue weighted by molar-refractivity contribution is 7.90. The molecule has 7 nitrogen and oxygen atoms in total. The van der Waals surface area contributed by atoms with Crippen molar-refractivity contribution < 1.29 is 31.2 Å². The van der Waals surface area contributed by atoms with Crippen LogP contribution in [0.25, 0.3) is 0 Å². The van der Waals surface area contributed by atoms with Gasteiger partial charge in [0.05, 0.1) is 17.6 Å². The predicted octanol–water partition coefficient (Wildman–Crippen LogP) is 1.46. The largest absolute Gasteiger partial charge is 0.341 e. The number of nitrogens with zero attached hydrogens (tertiary/aromatic N) is 1. The van der Waals surface area contributed by atoms with Crippen molar-refractivity contribution in [1.29, 1.82) is 5.26 Å². The Morgan fingerprint density at radius 1 is 1.03 bits per heavy atom. The molecule has 0 heterocycles. The fourth-order valence-corrected chi connectivity index (χ4v) is 4.06. The van der Waals surface area contributed by atoms with Gasteiger partial charge >= 0.3 is 0 Å². The Balaban J connectivity index is 2.26. The van der Waals surface area contributed by atoms with Crippen LogP contribution in [-0.2, 0) is 20.4 Å². The van der Waals surface area contributed by atoms with Crippen molar-refractivity contribution in [1.82, 2.24) is 10.6 Å². The molecule has 1 unspecified atom stereocenters. The lowest BCUT2D eigenvalue weighted by atomic mass is 10.2. The van der Waals surface area contributed by atoms with Gasteiger partial charge in [0.15, 0.2) is 21.5 Å². The van der Waals surface area contributed by atoms with Crippen LogP contribution in [0.3, 0.4) is 0 Å². The normalized spacial score (nSPS) is 11.9. The molecular formula is C19H16F3N3O4S. The first-order valence-electron chi connectivity index (χ1n) is 8.48. The minimum Gasteiger partial charge on any atom is -0.341 e. The van der Waals surface area contributed by atoms with Crippen LogP contribution in [0.1, 0.15) is 15.9 Å². The van der Waals surface area contributed by atoms with Crippen molar-refractivity contribution in [2.75, 3.05) is 12.3 Å². The molecule has 1 atom stereocenters. The molecule has 2 aromatic rings. The molecule has 2 rings (SSSR count). The van der Waals surface area contributed by atoms with E-state index in [-0.39, 0.29) is 5.56 Å². The number of carbonyl (C=O) groups is 2. The summed E-state index contributed by atoms with van der Waals surface area (Å²) >= 11 is 0. The van der Waals surface area contributed by atoms with Crippen LogP contribution in [0.5, 0.6) is 0 Å². The number of nitrogens with one attached hydrogen (secondary N) is 2. The maximum absolute atomic E-state index is 13.8. The zero-order valence-corrected chi connectivity index (χ0v) is 16.2. The lowest BCUT2D eigenvalue weighted by Crippen LogP contribution is -2.50. The van der Waals surface area contributed by atoms with Gasteiger partial charge in [-0.25, -0.2) is 21.6 Å². The maximum Gasteiger partial charge on any atom is 0.251 e. The summed E-state index contributed by atoms with van der Waals surface area (Å²) < 4.78 is 65.9. The second-order valence-corrected chi connectivity index (χ2v) is 8.25. The summed E-state index contributed by atoms with van der Waals surface area (Å²) in [5.74, 6) is -8.37. The van der Waals surface area contributed by atoms with Gasteiger partial charge in [0.25, 0.3) is 5.91 Å². The van der Waals surface area contributed by atoms with Crippen molar-refractivity contribution in [3.8, 4) is 6.07 Å². The Morgan fingerprint density at radius 2 is 1.67 bits per heavy atom. The van der Waals surface area contributed by atoms with Crippen molar-refractivity contribution in [2.24, 2.45) is 0 Å². The third-order valence-electron chi connectivity index (χ3n) is 3.92. The number of hydrogen-bond acceptors (Lipinski definition) is 5. The molecule has 0 saturated heterocycles. The van der Waals surface area contributed by atoms with Gasteiger partial charge in [-0.3, -0.25) is 9.59 Å². The molecule has 158 valence electrons. The monoisotopic (exact) mass is 439 g/mol. The van der Waals surface area contributed by atoms with E-state index in [2.05, 4.69) is 10.6 Å². The first kappa shape index (κ1) is 22.9. The molecule has 0 spiro atoms. The van der Waals surface area contributed by atoms with E-state index in [0.717, 1.165) is 0 Å². The highest BCUT2D eigenvalue weighted by Gasteiger charge is 2.29. The smallest absolute Gasteiger partial charge is 0.251 e. The lowest BCUT2D eigenvalue weighted by Gasteiger charge is -2.18. The zero-order chi connectivity index (χ0) is 22.3. The number of rotatable bonds is 8. The van der Waals surface area contributed by atoms with Crippen molar-refractivity contribution in [3.05, 3.63) is 71.0 Å². The Morgan fingerprint density at radius 3 is 2.30 bits per heavy atom. The van der Waals surface area contributed by atoms with Gasteiger partial charge in [-0.2, -0.15) is 5.26 Å². The van der Waals surface area contributed by atoms with Gasteiger partial charge in [0.2, 0.25) is 5.91 Å². The minimum absolute atomic E-state index is 0.134. The van der Waals surface area contributed by atoms with Gasteiger partial charge in [0, 0.05) is 11.1 Å². The van der Waals surface area contributed by atoms with E-state index in [4.69, 9.17) is 5.26 Å². The minimum atomic E-state index is -4.40. The highest BCUT2D eigenvalue weighted by Crippen LogP contribution is 2.19. The van der Waals surface area contributed by atoms with Crippen LogP contribution >= 0.6 is 0 Å². The number of amides is 2. The Labute approximate surface area is 170 Å². The van der Waals surface area contributed by atoms with Crippen molar-refractivity contribution >= 4 is 21.7 Å². The summed E-state index contributed by atoms with van der Waals surface area (Å²) in [6, 6.07) is 8.64. The molecule has 2 aromatic carbocycles. The van der Waals surface area contributed by atoms with E-state index in [0.29, 0.717) is 12.1 Å². The van der Waals surface area contributed by atoms with E-state index in [1.165, 1.54) is 12.1 Å². The summed E-state index contributed by atoms with van der Waals surface area (Å²) in [5, 5.41) is 12.9. The SMILES string of the molecule is N#CCNC(=O)C(CS(=O)(=O)Cc1c(F)ccc(F)c1F)NC(=O)c1ccccc1. The van der Waals surface area contributed by atoms with Crippen LogP contribution in [0.4, 0.5) is 13.2 Å². The molecule has 0 radical (unpaired) electrons. The second kappa shape index (κ2) is 9.89. The third-order valence-corrected chi connectivity index (χ3v) is 5.49. The molecule has 11 heteroatoms. The average molecular weight is 439 g/mol. The van der Waals surface area contributed by atoms with E-state index in [1.807, 2.05) is 0 Å². The van der Waals surface area contributed by atoms with Crippen LogP contribution in [0.15, 0.2) is 42.5 Å². The van der Waals surface area contributed by atoms with E-state index < -0.39 is 68.8 Å². The van der Waals surface area contributed by atoms with Crippen LogP contribution in [0.2, 0.25) is 0 Å². The van der Waals surface area contributed by atoms with Gasteiger partial charge in [0.1, 0.15) is 18.4 Å². The Kier molecular flexibility index (Phi) is 7.54. The molecule has 0 aliphatic carbocycles. The molecule has 0 aromatic heterocycles. The Hall–Kier alpha value is -3.39. The van der Waals surface area contributed by atoms with Crippen LogP contribution in [-0.4, -0.2) is 38.6 Å². The summed E-state index contributed by atoms with van der Waals surface area (Å²) in [6.45, 7) is -0.455. The molecule has 0 fully saturated rings. The molecule has 0 aliphatic heterocycles. The summed E-state index contributed by atoms with van der Waals surface area (Å²) in [6.07, 6.45) is 0. The van der Waals surface area contributed by atoms with E-state index in [9.17, 15) is 31.2 Å². The second-order valence-electron chi connectivity index (χ2n) is 6.14. The zero-order valence-electron chi connectivity index (χ0n) is 15.4. The molecule has 2 amide bonds. The third kappa shape index (κ3) is 6.05. The number of carbonyl (C=O) groups excluding carboxylic acids is 2. The van der Waals surface area contributed by atoms with Gasteiger partial charge in [-0.1, -0.05) is 18.2 Å². The Bertz CT molecular complexity index is 1090. The first-order valence-corrected chi connectivity index (χ1v) is 10.3. The van der Waals surface area contributed by atoms with Crippen molar-refractivity contribution in [3.63, 3.8) is 0 Å². The number of hydrogen-bond donors (Lipinski definition) is 2. The number of halogens is 3. The number of nitriles is 1.